The van der Waals surface area contributed by atoms with E-state index < -0.39 is 0 Å². The van der Waals surface area contributed by atoms with E-state index in [2.05, 4.69) is 16.7 Å². The maximum atomic E-state index is 12.3. The fraction of sp³-hybridized carbons (Fsp3) is 0.562. The minimum atomic E-state index is -0.0423. The first-order valence-corrected chi connectivity index (χ1v) is 7.27. The normalized spacial score (nSPS) is 19.3. The lowest BCUT2D eigenvalue weighted by Crippen LogP contribution is -2.41. The molecule has 4 nitrogen and oxygen atoms in total. The summed E-state index contributed by atoms with van der Waals surface area (Å²) in [5.74, 6) is 1.04. The van der Waals surface area contributed by atoms with Crippen LogP contribution in [0.25, 0.3) is 0 Å². The van der Waals surface area contributed by atoms with Crippen LogP contribution in [-0.2, 0) is 4.79 Å². The van der Waals surface area contributed by atoms with E-state index in [1.54, 1.807) is 7.11 Å². The minimum absolute atomic E-state index is 0. The molecule has 1 aliphatic heterocycles. The number of aryl methyl sites for hydroxylation is 1. The van der Waals surface area contributed by atoms with Crippen molar-refractivity contribution in [2.24, 2.45) is 5.92 Å². The molecule has 1 amide bonds. The van der Waals surface area contributed by atoms with Gasteiger partial charge in [0.05, 0.1) is 19.1 Å². The SMILES string of the molecule is COc1ccc(C)cc1C(C)NC(=O)[C@@H]1CCCNC1.Cl. The second-order valence-corrected chi connectivity index (χ2v) is 5.52. The molecule has 1 unspecified atom stereocenters. The first-order valence-electron chi connectivity index (χ1n) is 7.27. The van der Waals surface area contributed by atoms with Gasteiger partial charge < -0.3 is 15.4 Å². The number of nitrogens with one attached hydrogen (secondary N) is 2. The van der Waals surface area contributed by atoms with Gasteiger partial charge in [-0.15, -0.1) is 12.4 Å². The molecule has 0 bridgehead atoms. The minimum Gasteiger partial charge on any atom is -0.496 e. The molecule has 0 aliphatic carbocycles. The smallest absolute Gasteiger partial charge is 0.224 e. The lowest BCUT2D eigenvalue weighted by atomic mass is 9.97. The number of hydrogen-bond donors (Lipinski definition) is 2. The van der Waals surface area contributed by atoms with Crippen LogP contribution in [0.2, 0.25) is 0 Å². The lowest BCUT2D eigenvalue weighted by molar-refractivity contribution is -0.126. The molecule has 118 valence electrons. The highest BCUT2D eigenvalue weighted by Crippen LogP contribution is 2.26. The molecule has 1 saturated heterocycles. The number of amides is 1. The van der Waals surface area contributed by atoms with Gasteiger partial charge in [-0.25, -0.2) is 0 Å². The molecule has 1 aromatic rings. The molecule has 5 heteroatoms. The number of piperidine rings is 1. The van der Waals surface area contributed by atoms with Gasteiger partial charge in [0.15, 0.2) is 0 Å². The Morgan fingerprint density at radius 1 is 1.48 bits per heavy atom. The predicted octanol–water partition coefficient (Wildman–Crippen LogP) is 2.60. The third-order valence-electron chi connectivity index (χ3n) is 3.88. The molecule has 1 heterocycles. The summed E-state index contributed by atoms with van der Waals surface area (Å²) in [6.45, 7) is 5.85. The second-order valence-electron chi connectivity index (χ2n) is 5.52. The van der Waals surface area contributed by atoms with Gasteiger partial charge in [0.2, 0.25) is 5.91 Å². The monoisotopic (exact) mass is 312 g/mol. The number of carbonyl (C=O) groups is 1. The van der Waals surface area contributed by atoms with Crippen molar-refractivity contribution in [3.63, 3.8) is 0 Å². The Labute approximate surface area is 133 Å². The molecule has 2 atom stereocenters. The Morgan fingerprint density at radius 3 is 2.86 bits per heavy atom. The average molecular weight is 313 g/mol. The highest BCUT2D eigenvalue weighted by atomic mass is 35.5. The quantitative estimate of drug-likeness (QED) is 0.898. The maximum absolute atomic E-state index is 12.3. The van der Waals surface area contributed by atoms with Gasteiger partial charge in [0.1, 0.15) is 5.75 Å². The van der Waals surface area contributed by atoms with Crippen molar-refractivity contribution >= 4 is 18.3 Å². The molecule has 1 fully saturated rings. The van der Waals surface area contributed by atoms with E-state index in [0.717, 1.165) is 37.2 Å². The molecule has 0 spiro atoms. The van der Waals surface area contributed by atoms with Gasteiger partial charge in [-0.2, -0.15) is 0 Å². The van der Waals surface area contributed by atoms with Gasteiger partial charge >= 0.3 is 0 Å². The van der Waals surface area contributed by atoms with Crippen LogP contribution >= 0.6 is 12.4 Å². The molecule has 1 aromatic carbocycles. The van der Waals surface area contributed by atoms with Crippen LogP contribution in [-0.4, -0.2) is 26.1 Å². The highest BCUT2D eigenvalue weighted by molar-refractivity contribution is 5.85. The van der Waals surface area contributed by atoms with Gasteiger partial charge in [0, 0.05) is 12.1 Å². The third kappa shape index (κ3) is 4.61. The Morgan fingerprint density at radius 2 is 2.24 bits per heavy atom. The zero-order valence-electron chi connectivity index (χ0n) is 12.9. The molecule has 0 saturated carbocycles. The number of hydrogen-bond acceptors (Lipinski definition) is 3. The van der Waals surface area contributed by atoms with Crippen LogP contribution < -0.4 is 15.4 Å². The maximum Gasteiger partial charge on any atom is 0.224 e. The van der Waals surface area contributed by atoms with Crippen molar-refractivity contribution in [1.29, 1.82) is 0 Å². The summed E-state index contributed by atoms with van der Waals surface area (Å²) in [6, 6.07) is 6.00. The second kappa shape index (κ2) is 8.25. The van der Waals surface area contributed by atoms with Crippen LogP contribution in [0.3, 0.4) is 0 Å². The summed E-state index contributed by atoms with van der Waals surface area (Å²) in [7, 11) is 1.66. The van der Waals surface area contributed by atoms with Crippen molar-refractivity contribution < 1.29 is 9.53 Å². The van der Waals surface area contributed by atoms with Crippen molar-refractivity contribution in [3.8, 4) is 5.75 Å². The Hall–Kier alpha value is -1.26. The summed E-state index contributed by atoms with van der Waals surface area (Å²) >= 11 is 0. The molecule has 21 heavy (non-hydrogen) atoms. The number of methoxy groups -OCH3 is 1. The Balaban J connectivity index is 0.00000220. The molecule has 0 aromatic heterocycles. The number of benzene rings is 1. The van der Waals surface area contributed by atoms with Crippen LogP contribution in [0.1, 0.15) is 36.9 Å². The van der Waals surface area contributed by atoms with Crippen molar-refractivity contribution in [2.75, 3.05) is 20.2 Å². The predicted molar refractivity (Wildman–Crippen MR) is 87.1 cm³/mol. The van der Waals surface area contributed by atoms with E-state index >= 15 is 0 Å². The summed E-state index contributed by atoms with van der Waals surface area (Å²) in [5, 5.41) is 6.38. The first kappa shape index (κ1) is 17.8. The largest absolute Gasteiger partial charge is 0.496 e. The van der Waals surface area contributed by atoms with E-state index in [9.17, 15) is 4.79 Å². The van der Waals surface area contributed by atoms with Gasteiger partial charge in [-0.05, 0) is 39.3 Å². The van der Waals surface area contributed by atoms with Crippen LogP contribution in [0.15, 0.2) is 18.2 Å². The summed E-state index contributed by atoms with van der Waals surface area (Å²) < 4.78 is 5.38. The average Bonchev–Trinajstić information content (AvgIpc) is 2.48. The van der Waals surface area contributed by atoms with Crippen LogP contribution in [0.4, 0.5) is 0 Å². The summed E-state index contributed by atoms with van der Waals surface area (Å²) in [6.07, 6.45) is 2.04. The van der Waals surface area contributed by atoms with Crippen molar-refractivity contribution in [2.45, 2.75) is 32.7 Å². The lowest BCUT2D eigenvalue weighted by Gasteiger charge is -2.25. The molecular formula is C16H25ClN2O2. The first-order chi connectivity index (χ1) is 9.61. The van der Waals surface area contributed by atoms with E-state index in [4.69, 9.17) is 4.74 Å². The number of ether oxygens (including phenoxy) is 1. The molecule has 0 radical (unpaired) electrons. The van der Waals surface area contributed by atoms with Crippen LogP contribution in [0.5, 0.6) is 5.75 Å². The fourth-order valence-electron chi connectivity index (χ4n) is 2.68. The van der Waals surface area contributed by atoms with Crippen LogP contribution in [0, 0.1) is 12.8 Å². The number of carbonyl (C=O) groups excluding carboxylic acids is 1. The third-order valence-corrected chi connectivity index (χ3v) is 3.88. The van der Waals surface area contributed by atoms with Gasteiger partial charge in [-0.1, -0.05) is 17.7 Å². The Bertz CT molecular complexity index is 473. The molecule has 2 N–H and O–H groups in total. The zero-order valence-corrected chi connectivity index (χ0v) is 13.8. The molecular weight excluding hydrogens is 288 g/mol. The molecule has 2 rings (SSSR count). The fourth-order valence-corrected chi connectivity index (χ4v) is 2.68. The zero-order chi connectivity index (χ0) is 14.5. The number of rotatable bonds is 4. The van der Waals surface area contributed by atoms with E-state index in [0.29, 0.717) is 0 Å². The topological polar surface area (TPSA) is 50.4 Å². The summed E-state index contributed by atoms with van der Waals surface area (Å²) in [5.41, 5.74) is 2.20. The van der Waals surface area contributed by atoms with Crippen molar-refractivity contribution in [3.05, 3.63) is 29.3 Å². The van der Waals surface area contributed by atoms with E-state index in [1.807, 2.05) is 26.0 Å². The standard InChI is InChI=1S/C16H24N2O2.ClH/c1-11-6-7-15(20-3)14(9-11)12(2)18-16(19)13-5-4-8-17-10-13;/h6-7,9,12-13,17H,4-5,8,10H2,1-3H3,(H,18,19);1H/t12?,13-;/m1./s1. The van der Waals surface area contributed by atoms with Crippen molar-refractivity contribution in [1.82, 2.24) is 10.6 Å². The van der Waals surface area contributed by atoms with E-state index in [-0.39, 0.29) is 30.3 Å². The van der Waals surface area contributed by atoms with Gasteiger partial charge in [0.25, 0.3) is 0 Å². The Kier molecular flexibility index (Phi) is 6.99. The van der Waals surface area contributed by atoms with E-state index in [1.165, 1.54) is 5.56 Å². The van der Waals surface area contributed by atoms with Gasteiger partial charge in [-0.3, -0.25) is 4.79 Å². The number of halogens is 1. The highest BCUT2D eigenvalue weighted by Gasteiger charge is 2.23. The molecule has 1 aliphatic rings. The summed E-state index contributed by atoms with van der Waals surface area (Å²) in [4.78, 5) is 12.3.